The number of hydrogen-bond acceptors (Lipinski definition) is 7. The Labute approximate surface area is 133 Å². The molecule has 3 rings (SSSR count). The third-order valence-corrected chi connectivity index (χ3v) is 3.50. The smallest absolute Gasteiger partial charge is 0.269 e. The molecule has 0 aliphatic carbocycles. The van der Waals surface area contributed by atoms with Crippen LogP contribution in [0, 0.1) is 0 Å². The Morgan fingerprint density at radius 1 is 1.17 bits per heavy atom. The molecule has 1 aliphatic rings. The van der Waals surface area contributed by atoms with Gasteiger partial charge in [-0.3, -0.25) is 15.6 Å². The monoisotopic (exact) mass is 314 g/mol. The first kappa shape index (κ1) is 15.0. The highest BCUT2D eigenvalue weighted by Gasteiger charge is 2.18. The third-order valence-electron chi connectivity index (χ3n) is 3.50. The van der Waals surface area contributed by atoms with Gasteiger partial charge in [0.2, 0.25) is 0 Å². The van der Waals surface area contributed by atoms with E-state index in [4.69, 9.17) is 10.5 Å². The van der Waals surface area contributed by atoms with Gasteiger partial charge >= 0.3 is 0 Å². The van der Waals surface area contributed by atoms with Gasteiger partial charge in [-0.05, 0) is 12.1 Å². The van der Waals surface area contributed by atoms with Gasteiger partial charge in [0.25, 0.3) is 5.91 Å². The first-order valence-corrected chi connectivity index (χ1v) is 7.30. The van der Waals surface area contributed by atoms with Crippen molar-refractivity contribution in [2.24, 2.45) is 0 Å². The number of nitrogens with zero attached hydrogens (tertiary/aromatic N) is 3. The number of benzene rings is 1. The number of nitrogen functional groups attached to an aromatic ring is 1. The van der Waals surface area contributed by atoms with Gasteiger partial charge in [0.15, 0.2) is 11.6 Å². The molecule has 4 N–H and O–H groups in total. The molecule has 0 radical (unpaired) electrons. The number of carbonyl (C=O) groups excluding carboxylic acids is 1. The lowest BCUT2D eigenvalue weighted by atomic mass is 10.2. The topological polar surface area (TPSA) is 105 Å². The number of aromatic nitrogens is 2. The van der Waals surface area contributed by atoms with E-state index in [1.54, 1.807) is 24.3 Å². The van der Waals surface area contributed by atoms with Gasteiger partial charge in [0.05, 0.1) is 13.2 Å². The Hall–Kier alpha value is -2.87. The van der Waals surface area contributed by atoms with Crippen LogP contribution in [0.2, 0.25) is 0 Å². The van der Waals surface area contributed by atoms with Crippen LogP contribution in [0.1, 0.15) is 10.4 Å². The van der Waals surface area contributed by atoms with Crippen molar-refractivity contribution in [2.45, 2.75) is 0 Å². The summed E-state index contributed by atoms with van der Waals surface area (Å²) in [6.07, 6.45) is 1.41. The zero-order chi connectivity index (χ0) is 16.1. The van der Waals surface area contributed by atoms with Crippen molar-refractivity contribution in [3.05, 3.63) is 42.2 Å². The second-order valence-corrected chi connectivity index (χ2v) is 5.00. The number of nitrogens with two attached hydrogens (primary N) is 1. The first-order valence-electron chi connectivity index (χ1n) is 7.30. The third kappa shape index (κ3) is 3.49. The molecule has 2 heterocycles. The van der Waals surface area contributed by atoms with Crippen LogP contribution in [0.4, 0.5) is 17.3 Å². The van der Waals surface area contributed by atoms with Crippen molar-refractivity contribution in [3.8, 4) is 0 Å². The fraction of sp³-hybridized carbons (Fsp3) is 0.267. The number of anilines is 3. The van der Waals surface area contributed by atoms with E-state index in [1.807, 2.05) is 11.0 Å². The summed E-state index contributed by atoms with van der Waals surface area (Å²) in [5.74, 6) is 0.738. The van der Waals surface area contributed by atoms with E-state index in [0.29, 0.717) is 36.1 Å². The van der Waals surface area contributed by atoms with Crippen LogP contribution in [-0.4, -0.2) is 42.2 Å². The molecule has 0 spiro atoms. The number of rotatable bonds is 4. The molecule has 8 nitrogen and oxygen atoms in total. The van der Waals surface area contributed by atoms with Crippen molar-refractivity contribution in [1.82, 2.24) is 15.4 Å². The van der Waals surface area contributed by atoms with Crippen molar-refractivity contribution in [3.63, 3.8) is 0 Å². The lowest BCUT2D eigenvalue weighted by Crippen LogP contribution is -2.37. The molecule has 1 amide bonds. The Balaban J connectivity index is 1.69. The van der Waals surface area contributed by atoms with E-state index in [0.717, 1.165) is 13.1 Å². The molecule has 1 aromatic heterocycles. The summed E-state index contributed by atoms with van der Waals surface area (Å²) in [5, 5.41) is 0. The zero-order valence-electron chi connectivity index (χ0n) is 12.5. The molecule has 2 aromatic rings. The van der Waals surface area contributed by atoms with Crippen LogP contribution >= 0.6 is 0 Å². The normalized spacial score (nSPS) is 14.3. The minimum atomic E-state index is -0.267. The van der Waals surface area contributed by atoms with Crippen LogP contribution in [0.3, 0.4) is 0 Å². The average Bonchev–Trinajstić information content (AvgIpc) is 2.62. The molecule has 8 heteroatoms. The number of hydrazine groups is 1. The van der Waals surface area contributed by atoms with Crippen LogP contribution in [0.5, 0.6) is 0 Å². The van der Waals surface area contributed by atoms with Crippen molar-refractivity contribution in [2.75, 3.05) is 42.4 Å². The molecule has 0 atom stereocenters. The van der Waals surface area contributed by atoms with Gasteiger partial charge in [0.1, 0.15) is 12.0 Å². The van der Waals surface area contributed by atoms with E-state index in [9.17, 15) is 4.79 Å². The molecule has 0 saturated carbocycles. The van der Waals surface area contributed by atoms with E-state index in [-0.39, 0.29) is 5.91 Å². The second-order valence-electron chi connectivity index (χ2n) is 5.00. The summed E-state index contributed by atoms with van der Waals surface area (Å²) in [7, 11) is 0. The van der Waals surface area contributed by atoms with Crippen molar-refractivity contribution >= 4 is 23.2 Å². The first-order chi connectivity index (χ1) is 11.3. The van der Waals surface area contributed by atoms with Gasteiger partial charge in [-0.15, -0.1) is 0 Å². The molecule has 1 saturated heterocycles. The molecular formula is C15H18N6O2. The molecule has 1 fully saturated rings. The maximum atomic E-state index is 12.0. The summed E-state index contributed by atoms with van der Waals surface area (Å²) < 4.78 is 5.32. The number of nitrogens with one attached hydrogen (secondary N) is 2. The predicted molar refractivity (Wildman–Crippen MR) is 87.0 cm³/mol. The molecule has 0 unspecified atom stereocenters. The lowest BCUT2D eigenvalue weighted by molar-refractivity contribution is 0.0962. The quantitative estimate of drug-likeness (QED) is 0.712. The van der Waals surface area contributed by atoms with Crippen LogP contribution in [0.15, 0.2) is 36.7 Å². The number of hydrogen-bond donors (Lipinski definition) is 3. The van der Waals surface area contributed by atoms with Gasteiger partial charge in [-0.2, -0.15) is 0 Å². The van der Waals surface area contributed by atoms with Crippen LogP contribution in [0.25, 0.3) is 0 Å². The largest absolute Gasteiger partial charge is 0.393 e. The van der Waals surface area contributed by atoms with E-state index < -0.39 is 0 Å². The molecule has 1 aliphatic heterocycles. The minimum Gasteiger partial charge on any atom is -0.393 e. The highest BCUT2D eigenvalue weighted by atomic mass is 16.5. The Kier molecular flexibility index (Phi) is 4.53. The molecule has 120 valence electrons. The van der Waals surface area contributed by atoms with Crippen molar-refractivity contribution in [1.29, 1.82) is 0 Å². The molecule has 0 bridgehead atoms. The van der Waals surface area contributed by atoms with E-state index in [2.05, 4.69) is 20.8 Å². The summed E-state index contributed by atoms with van der Waals surface area (Å²) in [4.78, 5) is 22.4. The molecular weight excluding hydrogens is 296 g/mol. The highest BCUT2D eigenvalue weighted by molar-refractivity contribution is 5.95. The van der Waals surface area contributed by atoms with Crippen LogP contribution in [-0.2, 0) is 4.74 Å². The standard InChI is InChI=1S/C15H18N6O2/c16-12-13(19-20-15(22)11-4-2-1-3-5-11)17-10-18-14(12)21-6-8-23-9-7-21/h1-5,10H,6-9,16H2,(H,20,22)(H,17,18,19). The Bertz CT molecular complexity index is 673. The minimum absolute atomic E-state index is 0.267. The summed E-state index contributed by atoms with van der Waals surface area (Å²) in [5.41, 5.74) is 12.4. The van der Waals surface area contributed by atoms with Gasteiger partial charge in [-0.25, -0.2) is 9.97 Å². The van der Waals surface area contributed by atoms with E-state index in [1.165, 1.54) is 6.33 Å². The zero-order valence-corrected chi connectivity index (χ0v) is 12.5. The number of morpholine rings is 1. The fourth-order valence-electron chi connectivity index (χ4n) is 2.29. The lowest BCUT2D eigenvalue weighted by Gasteiger charge is -2.28. The maximum absolute atomic E-state index is 12.0. The van der Waals surface area contributed by atoms with E-state index >= 15 is 0 Å². The number of amides is 1. The van der Waals surface area contributed by atoms with Gasteiger partial charge in [-0.1, -0.05) is 18.2 Å². The summed E-state index contributed by atoms with van der Waals surface area (Å²) >= 11 is 0. The second kappa shape index (κ2) is 6.93. The molecule has 1 aromatic carbocycles. The fourth-order valence-corrected chi connectivity index (χ4v) is 2.29. The van der Waals surface area contributed by atoms with Gasteiger partial charge < -0.3 is 15.4 Å². The predicted octanol–water partition coefficient (Wildman–Crippen LogP) is 0.652. The Morgan fingerprint density at radius 2 is 1.91 bits per heavy atom. The highest BCUT2D eigenvalue weighted by Crippen LogP contribution is 2.26. The number of ether oxygens (including phenoxy) is 1. The summed E-state index contributed by atoms with van der Waals surface area (Å²) in [6.45, 7) is 2.71. The summed E-state index contributed by atoms with van der Waals surface area (Å²) in [6, 6.07) is 8.88. The Morgan fingerprint density at radius 3 is 2.65 bits per heavy atom. The average molecular weight is 314 g/mol. The van der Waals surface area contributed by atoms with Gasteiger partial charge in [0, 0.05) is 18.7 Å². The SMILES string of the molecule is Nc1c(NNC(=O)c2ccccc2)ncnc1N1CCOCC1. The maximum Gasteiger partial charge on any atom is 0.269 e. The van der Waals surface area contributed by atoms with Crippen molar-refractivity contribution < 1.29 is 9.53 Å². The van der Waals surface area contributed by atoms with Crippen LogP contribution < -0.4 is 21.5 Å². The molecule has 23 heavy (non-hydrogen) atoms. The number of carbonyl (C=O) groups is 1.